The molecule has 0 saturated carbocycles. The summed E-state index contributed by atoms with van der Waals surface area (Å²) >= 11 is 0. The van der Waals surface area contributed by atoms with Crippen LogP contribution < -0.4 is 0 Å². The van der Waals surface area contributed by atoms with Crippen molar-refractivity contribution >= 4 is 21.8 Å². The van der Waals surface area contributed by atoms with E-state index < -0.39 is 6.10 Å². The highest BCUT2D eigenvalue weighted by Gasteiger charge is 2.19. The Morgan fingerprint density at radius 1 is 0.846 bits per heavy atom. The molecule has 0 spiro atoms. The summed E-state index contributed by atoms with van der Waals surface area (Å²) in [5.74, 6) is 0.385. The summed E-state index contributed by atoms with van der Waals surface area (Å²) in [6.45, 7) is 5.12. The molecule has 1 aliphatic rings. The molecule has 2 heterocycles. The molecule has 1 saturated heterocycles. The second kappa shape index (κ2) is 6.79. The highest BCUT2D eigenvalue weighted by Crippen LogP contribution is 2.33. The van der Waals surface area contributed by atoms with Crippen molar-refractivity contribution in [2.45, 2.75) is 12.6 Å². The Labute approximate surface area is 152 Å². The number of rotatable bonds is 4. The van der Waals surface area contributed by atoms with Crippen LogP contribution in [-0.2, 0) is 6.54 Å². The number of aromatic hydroxyl groups is 2. The van der Waals surface area contributed by atoms with Crippen LogP contribution in [0.4, 0.5) is 0 Å². The Morgan fingerprint density at radius 3 is 1.92 bits per heavy atom. The minimum absolute atomic E-state index is 0.192. The van der Waals surface area contributed by atoms with Crippen LogP contribution in [0, 0.1) is 0 Å². The molecular formula is C20H25N3O3. The van der Waals surface area contributed by atoms with Gasteiger partial charge in [0.2, 0.25) is 0 Å². The molecule has 0 radical (unpaired) electrons. The maximum absolute atomic E-state index is 10.7. The first-order valence-electron chi connectivity index (χ1n) is 9.04. The summed E-state index contributed by atoms with van der Waals surface area (Å²) in [4.78, 5) is 4.60. The minimum Gasteiger partial charge on any atom is -0.508 e. The van der Waals surface area contributed by atoms with Crippen LogP contribution in [0.25, 0.3) is 21.8 Å². The molecule has 1 atom stereocenters. The zero-order valence-electron chi connectivity index (χ0n) is 15.0. The fraction of sp³-hybridized carbons (Fsp3) is 0.400. The van der Waals surface area contributed by atoms with E-state index in [1.54, 1.807) is 24.3 Å². The van der Waals surface area contributed by atoms with E-state index in [-0.39, 0.29) is 11.5 Å². The molecule has 138 valence electrons. The third kappa shape index (κ3) is 3.23. The number of β-amino-alcohol motifs (C(OH)–C–C–N with tert-alkyl or cyclic N) is 1. The molecule has 1 aliphatic heterocycles. The molecule has 0 amide bonds. The van der Waals surface area contributed by atoms with E-state index in [2.05, 4.69) is 21.4 Å². The van der Waals surface area contributed by atoms with Gasteiger partial charge in [-0.05, 0) is 43.4 Å². The number of benzene rings is 2. The number of nitrogens with zero attached hydrogens (tertiary/aromatic N) is 3. The van der Waals surface area contributed by atoms with Gasteiger partial charge in [0.25, 0.3) is 0 Å². The molecule has 3 aromatic rings. The number of piperazine rings is 1. The van der Waals surface area contributed by atoms with Crippen molar-refractivity contribution in [2.24, 2.45) is 0 Å². The summed E-state index contributed by atoms with van der Waals surface area (Å²) < 4.78 is 2.07. The number of phenolic OH excluding ortho intramolecular Hbond substituents is 2. The van der Waals surface area contributed by atoms with Crippen LogP contribution in [0.5, 0.6) is 11.5 Å². The van der Waals surface area contributed by atoms with Crippen molar-refractivity contribution in [3.63, 3.8) is 0 Å². The third-order valence-corrected chi connectivity index (χ3v) is 5.29. The first kappa shape index (κ1) is 17.1. The predicted octanol–water partition coefficient (Wildman–Crippen LogP) is 1.81. The second-order valence-electron chi connectivity index (χ2n) is 7.27. The van der Waals surface area contributed by atoms with Crippen molar-refractivity contribution in [1.82, 2.24) is 14.4 Å². The van der Waals surface area contributed by atoms with E-state index in [1.165, 1.54) is 0 Å². The Kier molecular flexibility index (Phi) is 4.48. The molecule has 6 heteroatoms. The number of aliphatic hydroxyl groups is 1. The van der Waals surface area contributed by atoms with Gasteiger partial charge < -0.3 is 24.8 Å². The van der Waals surface area contributed by atoms with E-state index in [0.29, 0.717) is 13.1 Å². The zero-order chi connectivity index (χ0) is 18.3. The second-order valence-corrected chi connectivity index (χ2v) is 7.27. The van der Waals surface area contributed by atoms with Crippen LogP contribution in [0.1, 0.15) is 0 Å². The van der Waals surface area contributed by atoms with Gasteiger partial charge in [0.15, 0.2) is 0 Å². The largest absolute Gasteiger partial charge is 0.508 e. The van der Waals surface area contributed by atoms with E-state index in [0.717, 1.165) is 48.0 Å². The van der Waals surface area contributed by atoms with Crippen molar-refractivity contribution in [3.8, 4) is 11.5 Å². The van der Waals surface area contributed by atoms with Crippen LogP contribution in [0.3, 0.4) is 0 Å². The molecule has 3 N–H and O–H groups in total. The fourth-order valence-corrected chi connectivity index (χ4v) is 3.87. The van der Waals surface area contributed by atoms with Gasteiger partial charge in [0.05, 0.1) is 12.6 Å². The lowest BCUT2D eigenvalue weighted by atomic mass is 10.1. The van der Waals surface area contributed by atoms with Gasteiger partial charge in [0, 0.05) is 54.5 Å². The van der Waals surface area contributed by atoms with Crippen molar-refractivity contribution < 1.29 is 15.3 Å². The van der Waals surface area contributed by atoms with Gasteiger partial charge >= 0.3 is 0 Å². The van der Waals surface area contributed by atoms with Gasteiger partial charge in [-0.2, -0.15) is 0 Å². The summed E-state index contributed by atoms with van der Waals surface area (Å²) in [6.07, 6.45) is -0.486. The average molecular weight is 355 g/mol. The summed E-state index contributed by atoms with van der Waals surface area (Å²) in [5, 5.41) is 32.2. The van der Waals surface area contributed by atoms with Crippen molar-refractivity contribution in [3.05, 3.63) is 36.4 Å². The first-order chi connectivity index (χ1) is 12.5. The smallest absolute Gasteiger partial charge is 0.116 e. The average Bonchev–Trinajstić information content (AvgIpc) is 2.89. The normalized spacial score (nSPS) is 17.9. The Morgan fingerprint density at radius 2 is 1.38 bits per heavy atom. The van der Waals surface area contributed by atoms with E-state index >= 15 is 0 Å². The van der Waals surface area contributed by atoms with E-state index in [9.17, 15) is 15.3 Å². The summed E-state index contributed by atoms with van der Waals surface area (Å²) in [5.41, 5.74) is 1.89. The maximum Gasteiger partial charge on any atom is 0.116 e. The number of fused-ring (bicyclic) bond motifs is 3. The van der Waals surface area contributed by atoms with Gasteiger partial charge in [-0.15, -0.1) is 0 Å². The lowest BCUT2D eigenvalue weighted by Crippen LogP contribution is -2.47. The fourth-order valence-electron chi connectivity index (χ4n) is 3.87. The van der Waals surface area contributed by atoms with Crippen LogP contribution in [0.15, 0.2) is 36.4 Å². The van der Waals surface area contributed by atoms with E-state index in [1.807, 2.05) is 12.1 Å². The van der Waals surface area contributed by atoms with Crippen LogP contribution >= 0.6 is 0 Å². The highest BCUT2D eigenvalue weighted by atomic mass is 16.3. The van der Waals surface area contributed by atoms with Gasteiger partial charge in [-0.3, -0.25) is 4.90 Å². The molecule has 6 nitrogen and oxygen atoms in total. The topological polar surface area (TPSA) is 72.1 Å². The van der Waals surface area contributed by atoms with Crippen LogP contribution in [0.2, 0.25) is 0 Å². The lowest BCUT2D eigenvalue weighted by molar-refractivity contribution is 0.0723. The first-order valence-corrected chi connectivity index (χ1v) is 9.04. The standard InChI is InChI=1S/C20H25N3O3/c1-21-6-8-22(9-7-21)12-16(26)13-23-19-4-2-14(24)10-17(19)18-11-15(25)3-5-20(18)23/h2-5,10-11,16,24-26H,6-9,12-13H2,1H3. The molecule has 0 bridgehead atoms. The highest BCUT2D eigenvalue weighted by molar-refractivity contribution is 6.09. The number of likely N-dealkylation sites (N-methyl/N-ethyl adjacent to an activating group) is 1. The van der Waals surface area contributed by atoms with Crippen LogP contribution in [-0.4, -0.2) is 75.6 Å². The summed E-state index contributed by atoms with van der Waals surface area (Å²) in [6, 6.07) is 10.5. The molecule has 2 aromatic carbocycles. The molecule has 1 aromatic heterocycles. The SMILES string of the molecule is CN1CCN(CC(O)Cn2c3ccc(O)cc3c3cc(O)ccc32)CC1. The Bertz CT molecular complexity index is 870. The lowest BCUT2D eigenvalue weighted by Gasteiger charge is -2.33. The summed E-state index contributed by atoms with van der Waals surface area (Å²) in [7, 11) is 2.12. The number of aliphatic hydroxyl groups excluding tert-OH is 1. The quantitative estimate of drug-likeness (QED) is 0.666. The molecule has 0 aliphatic carbocycles. The third-order valence-electron chi connectivity index (χ3n) is 5.29. The Hall–Kier alpha value is -2.28. The molecule has 26 heavy (non-hydrogen) atoms. The monoisotopic (exact) mass is 355 g/mol. The van der Waals surface area contributed by atoms with Gasteiger partial charge in [0.1, 0.15) is 11.5 Å². The molecular weight excluding hydrogens is 330 g/mol. The minimum atomic E-state index is -0.486. The molecule has 1 unspecified atom stereocenters. The number of hydrogen-bond acceptors (Lipinski definition) is 5. The van der Waals surface area contributed by atoms with Gasteiger partial charge in [-0.1, -0.05) is 0 Å². The number of hydrogen-bond donors (Lipinski definition) is 3. The number of phenols is 2. The Balaban J connectivity index is 1.64. The van der Waals surface area contributed by atoms with Gasteiger partial charge in [-0.25, -0.2) is 0 Å². The van der Waals surface area contributed by atoms with E-state index in [4.69, 9.17) is 0 Å². The number of aromatic nitrogens is 1. The molecule has 1 fully saturated rings. The zero-order valence-corrected chi connectivity index (χ0v) is 15.0. The molecule has 4 rings (SSSR count). The van der Waals surface area contributed by atoms with Crippen molar-refractivity contribution in [2.75, 3.05) is 39.8 Å². The van der Waals surface area contributed by atoms with Crippen molar-refractivity contribution in [1.29, 1.82) is 0 Å². The maximum atomic E-state index is 10.7. The predicted molar refractivity (Wildman–Crippen MR) is 103 cm³/mol.